The van der Waals surface area contributed by atoms with E-state index in [1.807, 2.05) is 6.92 Å². The summed E-state index contributed by atoms with van der Waals surface area (Å²) in [6, 6.07) is 0. The molecule has 19 heavy (non-hydrogen) atoms. The highest BCUT2D eigenvalue weighted by Crippen LogP contribution is 2.61. The lowest BCUT2D eigenvalue weighted by atomic mass is 9.54. The molecule has 2 fully saturated rings. The van der Waals surface area contributed by atoms with E-state index in [1.165, 1.54) is 12.0 Å². The molecular weight excluding hydrogens is 240 g/mol. The highest BCUT2D eigenvalue weighted by molar-refractivity contribution is 5.94. The first-order valence-electron chi connectivity index (χ1n) is 7.10. The van der Waals surface area contributed by atoms with Crippen LogP contribution in [-0.2, 0) is 9.53 Å². The first kappa shape index (κ1) is 12.9. The van der Waals surface area contributed by atoms with Crippen molar-refractivity contribution in [1.29, 1.82) is 0 Å². The lowest BCUT2D eigenvalue weighted by Crippen LogP contribution is -2.58. The third-order valence-electron chi connectivity index (χ3n) is 5.66. The van der Waals surface area contributed by atoms with Crippen LogP contribution < -0.4 is 0 Å². The third kappa shape index (κ3) is 1.34. The molecule has 0 unspecified atom stereocenters. The van der Waals surface area contributed by atoms with Gasteiger partial charge in [-0.1, -0.05) is 19.1 Å². The third-order valence-corrected chi connectivity index (χ3v) is 5.66. The van der Waals surface area contributed by atoms with Gasteiger partial charge in [-0.05, 0) is 56.9 Å². The number of allylic oxidation sites excluding steroid dienone is 1. The van der Waals surface area contributed by atoms with Crippen LogP contribution in [0.5, 0.6) is 0 Å². The molecule has 104 valence electrons. The average Bonchev–Trinajstić information content (AvgIpc) is 2.49. The van der Waals surface area contributed by atoms with Gasteiger partial charge in [-0.15, -0.1) is 0 Å². The summed E-state index contributed by atoms with van der Waals surface area (Å²) in [6.45, 7) is 9.99. The summed E-state index contributed by atoms with van der Waals surface area (Å²) < 4.78 is 5.63. The van der Waals surface area contributed by atoms with Gasteiger partial charge in [0.2, 0.25) is 0 Å². The predicted octanol–water partition coefficient (Wildman–Crippen LogP) is 2.89. The highest BCUT2D eigenvalue weighted by atomic mass is 16.6. The maximum absolute atomic E-state index is 11.9. The van der Waals surface area contributed by atoms with E-state index in [2.05, 4.69) is 20.4 Å². The van der Waals surface area contributed by atoms with Crippen LogP contribution in [0, 0.1) is 5.41 Å². The second kappa shape index (κ2) is 3.51. The number of fused-ring (bicyclic) bond motifs is 3. The van der Waals surface area contributed by atoms with Crippen molar-refractivity contribution in [3.8, 4) is 0 Å². The Hall–Kier alpha value is -1.09. The molecule has 1 saturated heterocycles. The predicted molar refractivity (Wildman–Crippen MR) is 72.5 cm³/mol. The zero-order valence-corrected chi connectivity index (χ0v) is 12.0. The molecule has 3 aliphatic rings. The number of aliphatic hydroxyl groups is 1. The SMILES string of the molecule is C=C1C(=O)O[C@@]2(C)C3=C(C)CCC[C@]3(C)CC[C@@]12O. The fourth-order valence-electron chi connectivity index (χ4n) is 4.63. The van der Waals surface area contributed by atoms with Crippen molar-refractivity contribution in [3.05, 3.63) is 23.3 Å². The lowest BCUT2D eigenvalue weighted by molar-refractivity contribution is -0.156. The summed E-state index contributed by atoms with van der Waals surface area (Å²) in [5.74, 6) is -0.444. The topological polar surface area (TPSA) is 46.5 Å². The number of ether oxygens (including phenoxy) is 1. The Labute approximate surface area is 114 Å². The fourth-order valence-corrected chi connectivity index (χ4v) is 4.63. The van der Waals surface area contributed by atoms with Gasteiger partial charge >= 0.3 is 5.97 Å². The molecule has 3 rings (SSSR count). The minimum absolute atomic E-state index is 0.0498. The molecule has 1 saturated carbocycles. The summed E-state index contributed by atoms with van der Waals surface area (Å²) in [5, 5.41) is 11.0. The van der Waals surface area contributed by atoms with E-state index in [0.717, 1.165) is 24.8 Å². The van der Waals surface area contributed by atoms with Crippen molar-refractivity contribution in [2.45, 2.75) is 64.1 Å². The first-order valence-corrected chi connectivity index (χ1v) is 7.10. The van der Waals surface area contributed by atoms with E-state index in [-0.39, 0.29) is 11.0 Å². The zero-order valence-electron chi connectivity index (χ0n) is 12.0. The van der Waals surface area contributed by atoms with Crippen LogP contribution in [0.1, 0.15) is 52.9 Å². The van der Waals surface area contributed by atoms with E-state index >= 15 is 0 Å². The summed E-state index contributed by atoms with van der Waals surface area (Å²) in [4.78, 5) is 11.9. The molecule has 0 aromatic heterocycles. The number of hydrogen-bond donors (Lipinski definition) is 1. The number of carbonyl (C=O) groups is 1. The molecule has 0 aromatic carbocycles. The molecule has 0 spiro atoms. The van der Waals surface area contributed by atoms with Crippen molar-refractivity contribution >= 4 is 5.97 Å². The molecule has 2 aliphatic carbocycles. The Balaban J connectivity index is 2.23. The summed E-state index contributed by atoms with van der Waals surface area (Å²) >= 11 is 0. The summed E-state index contributed by atoms with van der Waals surface area (Å²) in [6.07, 6.45) is 4.76. The van der Waals surface area contributed by atoms with Crippen LogP contribution in [0.15, 0.2) is 23.3 Å². The smallest absolute Gasteiger partial charge is 0.337 e. The Kier molecular flexibility index (Phi) is 2.39. The maximum atomic E-state index is 11.9. The summed E-state index contributed by atoms with van der Waals surface area (Å²) in [7, 11) is 0. The Morgan fingerprint density at radius 3 is 2.63 bits per heavy atom. The van der Waals surface area contributed by atoms with Crippen LogP contribution in [0.25, 0.3) is 0 Å². The van der Waals surface area contributed by atoms with Crippen molar-refractivity contribution in [2.75, 3.05) is 0 Å². The van der Waals surface area contributed by atoms with Crippen LogP contribution >= 0.6 is 0 Å². The molecule has 1 N–H and O–H groups in total. The molecule has 3 nitrogen and oxygen atoms in total. The molecule has 1 heterocycles. The second-order valence-electron chi connectivity index (χ2n) is 6.83. The number of hydrogen-bond acceptors (Lipinski definition) is 3. The number of rotatable bonds is 0. The minimum Gasteiger partial charge on any atom is -0.448 e. The van der Waals surface area contributed by atoms with Crippen molar-refractivity contribution in [2.24, 2.45) is 5.41 Å². The van der Waals surface area contributed by atoms with E-state index in [1.54, 1.807) is 0 Å². The van der Waals surface area contributed by atoms with Crippen molar-refractivity contribution < 1.29 is 14.6 Å². The Bertz CT molecular complexity index is 518. The van der Waals surface area contributed by atoms with E-state index in [9.17, 15) is 9.90 Å². The quantitative estimate of drug-likeness (QED) is 0.415. The molecule has 0 radical (unpaired) electrons. The van der Waals surface area contributed by atoms with Crippen molar-refractivity contribution in [1.82, 2.24) is 0 Å². The lowest BCUT2D eigenvalue weighted by Gasteiger charge is -2.53. The normalized spacial score (nSPS) is 45.9. The number of carbonyl (C=O) groups excluding carboxylic acids is 1. The highest BCUT2D eigenvalue weighted by Gasteiger charge is 2.67. The van der Waals surface area contributed by atoms with E-state index < -0.39 is 17.2 Å². The standard InChI is InChI=1S/C16H22O3/c1-10-6-5-7-14(3)8-9-16(18)11(2)13(17)19-15(16,4)12(10)14/h18H,2,5-9H2,1,3-4H3/t14-,15+,16-/m1/s1. The maximum Gasteiger partial charge on any atom is 0.337 e. The van der Waals surface area contributed by atoms with Crippen LogP contribution in [-0.4, -0.2) is 22.3 Å². The average molecular weight is 262 g/mol. The summed E-state index contributed by atoms with van der Waals surface area (Å²) in [5.41, 5.74) is 0.552. The molecule has 0 bridgehead atoms. The van der Waals surface area contributed by atoms with Gasteiger partial charge in [0, 0.05) is 0 Å². The van der Waals surface area contributed by atoms with Gasteiger partial charge in [-0.3, -0.25) is 0 Å². The molecule has 3 atom stereocenters. The molecule has 0 amide bonds. The van der Waals surface area contributed by atoms with Gasteiger partial charge in [-0.2, -0.15) is 0 Å². The van der Waals surface area contributed by atoms with E-state index in [4.69, 9.17) is 4.74 Å². The van der Waals surface area contributed by atoms with Gasteiger partial charge < -0.3 is 9.84 Å². The minimum atomic E-state index is -1.22. The Morgan fingerprint density at radius 2 is 1.95 bits per heavy atom. The molecular formula is C16H22O3. The first-order chi connectivity index (χ1) is 8.75. The van der Waals surface area contributed by atoms with Crippen LogP contribution in [0.3, 0.4) is 0 Å². The van der Waals surface area contributed by atoms with Gasteiger partial charge in [0.05, 0.1) is 5.57 Å². The van der Waals surface area contributed by atoms with Crippen LogP contribution in [0.2, 0.25) is 0 Å². The number of esters is 1. The van der Waals surface area contributed by atoms with Gasteiger partial charge in [0.15, 0.2) is 5.60 Å². The van der Waals surface area contributed by atoms with E-state index in [0.29, 0.717) is 6.42 Å². The second-order valence-corrected chi connectivity index (χ2v) is 6.83. The monoisotopic (exact) mass is 262 g/mol. The van der Waals surface area contributed by atoms with Gasteiger partial charge in [-0.25, -0.2) is 4.79 Å². The Morgan fingerprint density at radius 1 is 1.26 bits per heavy atom. The zero-order chi connectivity index (χ0) is 14.1. The van der Waals surface area contributed by atoms with Gasteiger partial charge in [0.25, 0.3) is 0 Å². The van der Waals surface area contributed by atoms with Crippen LogP contribution in [0.4, 0.5) is 0 Å². The molecule has 1 aliphatic heterocycles. The molecule has 3 heteroatoms. The van der Waals surface area contributed by atoms with Crippen molar-refractivity contribution in [3.63, 3.8) is 0 Å². The van der Waals surface area contributed by atoms with Gasteiger partial charge in [0.1, 0.15) is 5.60 Å². The molecule has 0 aromatic rings. The fraction of sp³-hybridized carbons (Fsp3) is 0.688. The largest absolute Gasteiger partial charge is 0.448 e.